The summed E-state index contributed by atoms with van der Waals surface area (Å²) in [5, 5.41) is 11.5. The van der Waals surface area contributed by atoms with Crippen LogP contribution in [-0.2, 0) is 45.2 Å². The van der Waals surface area contributed by atoms with E-state index in [4.69, 9.17) is 14.6 Å². The minimum absolute atomic E-state index is 0. The van der Waals surface area contributed by atoms with Gasteiger partial charge in [0, 0.05) is 31.7 Å². The molecule has 0 saturated heterocycles. The topological polar surface area (TPSA) is 90.0 Å². The van der Waals surface area contributed by atoms with Crippen molar-refractivity contribution in [1.82, 2.24) is 4.98 Å². The monoisotopic (exact) mass is 964 g/mol. The van der Waals surface area contributed by atoms with Crippen molar-refractivity contribution in [3.63, 3.8) is 0 Å². The second-order valence-electron chi connectivity index (χ2n) is 16.6. The van der Waals surface area contributed by atoms with Crippen LogP contribution >= 0.6 is 0 Å². The second-order valence-corrected chi connectivity index (χ2v) is 16.6. The molecule has 2 unspecified atom stereocenters. The van der Waals surface area contributed by atoms with Gasteiger partial charge in [0.1, 0.15) is 11.8 Å². The fourth-order valence-electron chi connectivity index (χ4n) is 8.67. The predicted octanol–water partition coefficient (Wildman–Crippen LogP) is 12.0. The number of pyridine rings is 1. The number of fused-ring (bicyclic) bond motifs is 7. The van der Waals surface area contributed by atoms with E-state index in [1.165, 1.54) is 67.8 Å². The molecule has 0 bridgehead atoms. The summed E-state index contributed by atoms with van der Waals surface area (Å²) in [4.78, 5) is 26.7. The minimum atomic E-state index is -0.409. The number of esters is 2. The van der Waals surface area contributed by atoms with E-state index in [9.17, 15) is 9.59 Å². The van der Waals surface area contributed by atoms with Gasteiger partial charge in [0.15, 0.2) is 6.61 Å². The number of rotatable bonds is 10. The Labute approximate surface area is 362 Å². The maximum absolute atomic E-state index is 12.6. The van der Waals surface area contributed by atoms with Crippen molar-refractivity contribution in [3.8, 4) is 33.5 Å². The van der Waals surface area contributed by atoms with Crippen LogP contribution in [0, 0.1) is 12.0 Å². The molecule has 1 aromatic heterocycles. The number of nitrogens with zero attached hydrogens (tertiary/aromatic N) is 1. The third-order valence-electron chi connectivity index (χ3n) is 12.0. The Hall–Kier alpha value is -5.36. The van der Waals surface area contributed by atoms with Gasteiger partial charge in [0.25, 0.3) is 0 Å². The van der Waals surface area contributed by atoms with Gasteiger partial charge in [-0.3, -0.25) is 4.79 Å². The first kappa shape index (κ1) is 43.2. The number of carbonyl (C=O) groups excluding carboxylic acids is 2. The smallest absolute Gasteiger partial charge is 0.512 e. The van der Waals surface area contributed by atoms with Crippen molar-refractivity contribution in [1.29, 1.82) is 0 Å². The van der Waals surface area contributed by atoms with E-state index in [1.807, 2.05) is 19.2 Å². The largest absolute Gasteiger partial charge is 0.513 e. The van der Waals surface area contributed by atoms with Crippen LogP contribution in [0.15, 0.2) is 127 Å². The van der Waals surface area contributed by atoms with E-state index in [1.54, 1.807) is 0 Å². The van der Waals surface area contributed by atoms with Crippen molar-refractivity contribution in [3.05, 3.63) is 161 Å². The number of aliphatic hydroxyl groups excluding tert-OH is 1. The quantitative estimate of drug-likeness (QED) is 0.0369. The number of ether oxygens (including phenoxy) is 2. The summed E-state index contributed by atoms with van der Waals surface area (Å²) >= 11 is 0. The minimum Gasteiger partial charge on any atom is -0.512 e. The van der Waals surface area contributed by atoms with Gasteiger partial charge in [-0.05, 0) is 80.9 Å². The average molecular weight is 964 g/mol. The number of carbonyl (C=O) groups is 1. The average Bonchev–Trinajstić information content (AvgIpc) is 3.60. The Kier molecular flexibility index (Phi) is 13.1. The maximum Gasteiger partial charge on any atom is 0.513 e. The van der Waals surface area contributed by atoms with E-state index >= 15 is 0 Å². The Bertz CT molecular complexity index is 2530. The first-order valence-corrected chi connectivity index (χ1v) is 20.3. The first-order chi connectivity index (χ1) is 27.8. The zero-order valence-electron chi connectivity index (χ0n) is 34.9. The Morgan fingerprint density at radius 3 is 2.02 bits per heavy atom. The fourth-order valence-corrected chi connectivity index (χ4v) is 8.67. The van der Waals surface area contributed by atoms with Crippen LogP contribution in [0.2, 0.25) is 0 Å². The van der Waals surface area contributed by atoms with Crippen LogP contribution in [0.4, 0.5) is 0 Å². The summed E-state index contributed by atoms with van der Waals surface area (Å²) in [6.45, 7) is 14.8. The molecule has 2 aliphatic carbocycles. The number of hydrogen-bond donors (Lipinski definition) is 1. The van der Waals surface area contributed by atoms with E-state index < -0.39 is 5.97 Å². The van der Waals surface area contributed by atoms with Gasteiger partial charge in [-0.15, -0.1) is 29.3 Å². The van der Waals surface area contributed by atoms with Crippen LogP contribution in [0.1, 0.15) is 95.0 Å². The Morgan fingerprint density at radius 2 is 1.36 bits per heavy atom. The number of aromatic nitrogens is 1. The normalized spacial score (nSPS) is 14.9. The molecular weight excluding hydrogens is 911 g/mol. The van der Waals surface area contributed by atoms with Gasteiger partial charge in [-0.2, -0.15) is 0 Å². The van der Waals surface area contributed by atoms with Gasteiger partial charge in [0.05, 0.1) is 5.92 Å². The standard InChI is InChI=1S/C28H34O5.C24H18N.Ir/c1-6-20(27(31)33-14-13-32-26(30)16-19(3)29)15-18(2)21-11-12-23-22-9-7-8-10-24(22)28(4,5)25(23)17-21;1-24(2)21-10-6-5-9-19(21)20-12-11-17(13-22(20)24)23-14-16-7-3-4-8-18(16)15-25-23;/h7-12,16-18,20,29H,6,13-15H2,1-5H3;3-10,12-15H,1-2H3;/q;-1;/p+1/b19-16-;;. The first-order valence-electron chi connectivity index (χ1n) is 20.3. The molecule has 59 heavy (non-hydrogen) atoms. The molecule has 2 aliphatic rings. The molecule has 0 saturated carbocycles. The third kappa shape index (κ3) is 8.83. The van der Waals surface area contributed by atoms with Crippen LogP contribution < -0.4 is 0 Å². The molecule has 8 rings (SSSR count). The number of aliphatic hydroxyl groups is 1. The molecule has 2 atom stereocenters. The summed E-state index contributed by atoms with van der Waals surface area (Å²) in [5.41, 5.74) is 13.9. The van der Waals surface area contributed by atoms with Gasteiger partial charge in [-0.1, -0.05) is 150 Å². The molecule has 6 nitrogen and oxygen atoms in total. The molecule has 5 aromatic carbocycles. The van der Waals surface area contributed by atoms with Crippen molar-refractivity contribution >= 4 is 22.7 Å². The molecule has 1 heterocycles. The van der Waals surface area contributed by atoms with E-state index in [2.05, 4.69) is 149 Å². The van der Waals surface area contributed by atoms with Crippen molar-refractivity contribution in [2.45, 2.75) is 78.1 Å². The molecule has 6 aromatic rings. The summed E-state index contributed by atoms with van der Waals surface area (Å²) in [7, 11) is 0. The van der Waals surface area contributed by atoms with Crippen LogP contribution in [0.5, 0.6) is 0 Å². The Morgan fingerprint density at radius 1 is 0.780 bits per heavy atom. The van der Waals surface area contributed by atoms with Gasteiger partial charge in [-0.25, -0.2) is 0 Å². The molecule has 7 heteroatoms. The summed E-state index contributed by atoms with van der Waals surface area (Å²) < 4.78 is 10.4. The zero-order valence-corrected chi connectivity index (χ0v) is 37.3. The molecule has 0 aliphatic heterocycles. The van der Waals surface area contributed by atoms with E-state index in [-0.39, 0.29) is 67.7 Å². The number of allylic oxidation sites excluding steroid dienone is 1. The molecule has 305 valence electrons. The number of hydrogen-bond acceptors (Lipinski definition) is 5. The molecule has 2 N–H and O–H groups in total. The number of benzene rings is 5. The van der Waals surface area contributed by atoms with Gasteiger partial charge in [0.2, 0.25) is 6.61 Å². The van der Waals surface area contributed by atoms with Crippen molar-refractivity contribution < 1.29 is 44.3 Å². The molecule has 1 radical (unpaired) electrons. The van der Waals surface area contributed by atoms with E-state index in [0.717, 1.165) is 17.3 Å². The molecule has 0 fully saturated rings. The van der Waals surface area contributed by atoms with Crippen LogP contribution in [0.25, 0.3) is 44.3 Å². The van der Waals surface area contributed by atoms with Gasteiger partial charge >= 0.3 is 11.9 Å². The van der Waals surface area contributed by atoms with E-state index in [0.29, 0.717) is 12.8 Å². The summed E-state index contributed by atoms with van der Waals surface area (Å²) in [6, 6.07) is 42.4. The zero-order chi connectivity index (χ0) is 41.2. The maximum atomic E-state index is 12.6. The Balaban J connectivity index is 0.000000201. The third-order valence-corrected chi connectivity index (χ3v) is 12.0. The predicted molar refractivity (Wildman–Crippen MR) is 235 cm³/mol. The van der Waals surface area contributed by atoms with Crippen molar-refractivity contribution in [2.75, 3.05) is 13.2 Å². The van der Waals surface area contributed by atoms with Gasteiger partial charge < -0.3 is 24.4 Å². The fraction of sp³-hybridized carbons (Fsp3) is 0.288. The summed E-state index contributed by atoms with van der Waals surface area (Å²) in [5.74, 6) is -0.735. The molecular formula is C52H53IrNO5. The second kappa shape index (κ2) is 17.9. The molecule has 0 spiro atoms. The molecule has 0 amide bonds. The SMILES string of the molecule is CC1(C)c2ccccc2-c2c[c-]c(-c3cc4ccccc4cn3)cc21.CCC(CC(C)c1ccc2c(c1)C(C)(C)c1ccccc1-2)C(=O)OCCOC(=[OH+])/C=C(/C)O.[Ir]. The van der Waals surface area contributed by atoms with Crippen LogP contribution in [0.3, 0.4) is 0 Å². The summed E-state index contributed by atoms with van der Waals surface area (Å²) in [6.07, 6.45) is 4.43. The van der Waals surface area contributed by atoms with Crippen LogP contribution in [-0.4, -0.2) is 40.0 Å². The van der Waals surface area contributed by atoms with Crippen molar-refractivity contribution in [2.24, 2.45) is 5.92 Å².